The molecule has 3 rings (SSSR count). The normalized spacial score (nSPS) is 11.9. The van der Waals surface area contributed by atoms with Gasteiger partial charge >= 0.3 is 0 Å². The smallest absolute Gasteiger partial charge is 0.265 e. The van der Waals surface area contributed by atoms with Crippen molar-refractivity contribution in [2.24, 2.45) is 0 Å². The zero-order chi connectivity index (χ0) is 24.0. The molecule has 3 aromatic carbocycles. The van der Waals surface area contributed by atoms with Crippen molar-refractivity contribution in [2.75, 3.05) is 17.7 Å². The van der Waals surface area contributed by atoms with Crippen molar-refractivity contribution in [3.05, 3.63) is 83.9 Å². The Balaban J connectivity index is 1.60. The van der Waals surface area contributed by atoms with Gasteiger partial charge in [0.2, 0.25) is 0 Å². The molecule has 0 aliphatic carbocycles. The van der Waals surface area contributed by atoms with Crippen LogP contribution in [0.1, 0.15) is 43.6 Å². The molecule has 2 amide bonds. The summed E-state index contributed by atoms with van der Waals surface area (Å²) in [4.78, 5) is 25.2. The van der Waals surface area contributed by atoms with Gasteiger partial charge in [0.25, 0.3) is 11.8 Å². The van der Waals surface area contributed by atoms with Crippen LogP contribution < -0.4 is 20.1 Å². The van der Waals surface area contributed by atoms with E-state index in [0.29, 0.717) is 28.4 Å². The molecule has 0 spiro atoms. The summed E-state index contributed by atoms with van der Waals surface area (Å²) in [5.41, 5.74) is 2.90. The van der Waals surface area contributed by atoms with E-state index < -0.39 is 6.10 Å². The fraction of sp³-hybridized carbons (Fsp3) is 0.259. The molecule has 0 radical (unpaired) electrons. The molecule has 0 saturated heterocycles. The second-order valence-corrected chi connectivity index (χ2v) is 8.79. The van der Waals surface area contributed by atoms with Crippen molar-refractivity contribution >= 4 is 23.2 Å². The Hall–Kier alpha value is -3.80. The van der Waals surface area contributed by atoms with Gasteiger partial charge in [-0.05, 0) is 72.5 Å². The second kappa shape index (κ2) is 10.2. The van der Waals surface area contributed by atoms with Crippen LogP contribution in [0.2, 0.25) is 0 Å². The van der Waals surface area contributed by atoms with Crippen molar-refractivity contribution in [2.45, 2.75) is 39.2 Å². The molecule has 1 atom stereocenters. The van der Waals surface area contributed by atoms with E-state index in [0.717, 1.165) is 5.56 Å². The first-order valence-electron chi connectivity index (χ1n) is 10.8. The van der Waals surface area contributed by atoms with Crippen LogP contribution in [0.5, 0.6) is 11.5 Å². The van der Waals surface area contributed by atoms with E-state index in [2.05, 4.69) is 31.4 Å². The molecule has 0 aliphatic rings. The summed E-state index contributed by atoms with van der Waals surface area (Å²) in [6, 6.07) is 21.6. The number of anilines is 2. The fourth-order valence-corrected chi connectivity index (χ4v) is 3.16. The van der Waals surface area contributed by atoms with E-state index in [4.69, 9.17) is 9.47 Å². The molecule has 0 aliphatic heterocycles. The van der Waals surface area contributed by atoms with E-state index in [-0.39, 0.29) is 17.2 Å². The number of rotatable bonds is 7. The number of nitrogens with one attached hydrogen (secondary N) is 2. The Kier molecular flexibility index (Phi) is 7.38. The lowest BCUT2D eigenvalue weighted by Gasteiger charge is -2.19. The van der Waals surface area contributed by atoms with Crippen LogP contribution >= 0.6 is 0 Å². The Labute approximate surface area is 194 Å². The molecule has 0 bridgehead atoms. The highest BCUT2D eigenvalue weighted by Crippen LogP contribution is 2.23. The third kappa shape index (κ3) is 6.59. The monoisotopic (exact) mass is 446 g/mol. The van der Waals surface area contributed by atoms with Gasteiger partial charge in [-0.1, -0.05) is 39.0 Å². The molecule has 33 heavy (non-hydrogen) atoms. The minimum absolute atomic E-state index is 0.0236. The Morgan fingerprint density at radius 3 is 1.97 bits per heavy atom. The number of benzene rings is 3. The van der Waals surface area contributed by atoms with Crippen molar-refractivity contribution < 1.29 is 19.1 Å². The largest absolute Gasteiger partial charge is 0.497 e. The van der Waals surface area contributed by atoms with Crippen molar-refractivity contribution in [1.82, 2.24) is 0 Å². The Morgan fingerprint density at radius 1 is 0.818 bits per heavy atom. The van der Waals surface area contributed by atoms with E-state index in [1.54, 1.807) is 62.6 Å². The van der Waals surface area contributed by atoms with Gasteiger partial charge in [0.1, 0.15) is 11.5 Å². The zero-order valence-electron chi connectivity index (χ0n) is 19.6. The number of hydrogen-bond acceptors (Lipinski definition) is 4. The quantitative estimate of drug-likeness (QED) is 0.492. The van der Waals surface area contributed by atoms with Crippen LogP contribution in [0.25, 0.3) is 0 Å². The first kappa shape index (κ1) is 23.9. The topological polar surface area (TPSA) is 76.7 Å². The maximum Gasteiger partial charge on any atom is 0.265 e. The van der Waals surface area contributed by atoms with Gasteiger partial charge in [0, 0.05) is 16.9 Å². The molecule has 6 heteroatoms. The zero-order valence-corrected chi connectivity index (χ0v) is 19.6. The highest BCUT2D eigenvalue weighted by molar-refractivity contribution is 6.04. The average molecular weight is 447 g/mol. The summed E-state index contributed by atoms with van der Waals surface area (Å²) in [5.74, 6) is 0.766. The van der Waals surface area contributed by atoms with Crippen molar-refractivity contribution in [1.29, 1.82) is 0 Å². The van der Waals surface area contributed by atoms with Crippen LogP contribution in [-0.4, -0.2) is 25.0 Å². The molecular formula is C27H30N2O4. The van der Waals surface area contributed by atoms with E-state index >= 15 is 0 Å². The van der Waals surface area contributed by atoms with Crippen molar-refractivity contribution in [3.8, 4) is 11.5 Å². The van der Waals surface area contributed by atoms with Crippen LogP contribution in [0.4, 0.5) is 11.4 Å². The SMILES string of the molecule is COc1ccc(O[C@H](C)C(=O)Nc2cccc(NC(=O)c3ccc(C(C)(C)C)cc3)c2)cc1. The molecule has 0 fully saturated rings. The highest BCUT2D eigenvalue weighted by atomic mass is 16.5. The maximum absolute atomic E-state index is 12.6. The van der Waals surface area contributed by atoms with Crippen LogP contribution in [0.15, 0.2) is 72.8 Å². The lowest BCUT2D eigenvalue weighted by molar-refractivity contribution is -0.122. The summed E-state index contributed by atoms with van der Waals surface area (Å²) in [6.45, 7) is 8.06. The lowest BCUT2D eigenvalue weighted by atomic mass is 9.87. The molecular weight excluding hydrogens is 416 g/mol. The van der Waals surface area contributed by atoms with Gasteiger partial charge in [-0.3, -0.25) is 9.59 Å². The average Bonchev–Trinajstić information content (AvgIpc) is 2.79. The number of amides is 2. The standard InChI is InChI=1S/C27H30N2O4/c1-18(33-24-15-13-23(32-5)14-16-24)25(30)28-21-7-6-8-22(17-21)29-26(31)19-9-11-20(12-10-19)27(2,3)4/h6-18H,1-5H3,(H,28,30)(H,29,31)/t18-/m1/s1. The number of carbonyl (C=O) groups excluding carboxylic acids is 2. The summed E-state index contributed by atoms with van der Waals surface area (Å²) in [7, 11) is 1.59. The number of hydrogen-bond donors (Lipinski definition) is 2. The lowest BCUT2D eigenvalue weighted by Crippen LogP contribution is -2.30. The minimum atomic E-state index is -0.710. The van der Waals surface area contributed by atoms with Crippen LogP contribution in [0, 0.1) is 0 Å². The molecule has 3 aromatic rings. The fourth-order valence-electron chi connectivity index (χ4n) is 3.16. The molecule has 2 N–H and O–H groups in total. The van der Waals surface area contributed by atoms with Gasteiger partial charge in [-0.25, -0.2) is 0 Å². The van der Waals surface area contributed by atoms with E-state index in [9.17, 15) is 9.59 Å². The summed E-state index contributed by atoms with van der Waals surface area (Å²) in [5, 5.41) is 5.70. The number of ether oxygens (including phenoxy) is 2. The molecule has 172 valence electrons. The molecule has 0 heterocycles. The molecule has 0 unspecified atom stereocenters. The van der Waals surface area contributed by atoms with Gasteiger partial charge < -0.3 is 20.1 Å². The third-order valence-corrected chi connectivity index (χ3v) is 5.14. The summed E-state index contributed by atoms with van der Waals surface area (Å²) >= 11 is 0. The number of carbonyl (C=O) groups is 2. The Bertz CT molecular complexity index is 1100. The van der Waals surface area contributed by atoms with Gasteiger partial charge in [-0.2, -0.15) is 0 Å². The van der Waals surface area contributed by atoms with Gasteiger partial charge in [-0.15, -0.1) is 0 Å². The van der Waals surface area contributed by atoms with E-state index in [1.807, 2.05) is 24.3 Å². The van der Waals surface area contributed by atoms with Crippen LogP contribution in [0.3, 0.4) is 0 Å². The molecule has 0 aromatic heterocycles. The predicted octanol–water partition coefficient (Wildman–Crippen LogP) is 5.65. The second-order valence-electron chi connectivity index (χ2n) is 8.79. The third-order valence-electron chi connectivity index (χ3n) is 5.14. The first-order chi connectivity index (χ1) is 15.7. The predicted molar refractivity (Wildman–Crippen MR) is 131 cm³/mol. The van der Waals surface area contributed by atoms with Crippen LogP contribution in [-0.2, 0) is 10.2 Å². The minimum Gasteiger partial charge on any atom is -0.497 e. The molecule has 0 saturated carbocycles. The summed E-state index contributed by atoms with van der Waals surface area (Å²) < 4.78 is 10.8. The van der Waals surface area contributed by atoms with Gasteiger partial charge in [0.15, 0.2) is 6.10 Å². The van der Waals surface area contributed by atoms with Crippen molar-refractivity contribution in [3.63, 3.8) is 0 Å². The maximum atomic E-state index is 12.6. The number of methoxy groups -OCH3 is 1. The summed E-state index contributed by atoms with van der Waals surface area (Å²) in [6.07, 6.45) is -0.710. The van der Waals surface area contributed by atoms with E-state index in [1.165, 1.54) is 0 Å². The first-order valence-corrected chi connectivity index (χ1v) is 10.8. The Morgan fingerprint density at radius 2 is 1.39 bits per heavy atom. The van der Waals surface area contributed by atoms with Gasteiger partial charge in [0.05, 0.1) is 7.11 Å². The molecule has 6 nitrogen and oxygen atoms in total. The highest BCUT2D eigenvalue weighted by Gasteiger charge is 2.16.